The molecule has 1 N–H and O–H groups in total. The molecule has 1 aromatic rings. The first-order valence-corrected chi connectivity index (χ1v) is 5.68. The van der Waals surface area contributed by atoms with Crippen molar-refractivity contribution in [2.45, 2.75) is 13.0 Å². The minimum Gasteiger partial charge on any atom is -0.478 e. The number of ether oxygens (including phenoxy) is 1. The van der Waals surface area contributed by atoms with Crippen LogP contribution in [0.4, 0.5) is 4.39 Å². The Morgan fingerprint density at radius 3 is 2.88 bits per heavy atom. The second-order valence-corrected chi connectivity index (χ2v) is 3.96. The van der Waals surface area contributed by atoms with E-state index in [4.69, 9.17) is 16.5 Å². The lowest BCUT2D eigenvalue weighted by atomic mass is 10.1. The molecule has 0 aliphatic carbocycles. The molecule has 0 saturated carbocycles. The summed E-state index contributed by atoms with van der Waals surface area (Å²) in [6.45, 7) is 2.08. The van der Waals surface area contributed by atoms with Gasteiger partial charge in [0.15, 0.2) is 6.10 Å². The van der Waals surface area contributed by atoms with Crippen LogP contribution in [0.15, 0.2) is 27.2 Å². The van der Waals surface area contributed by atoms with Crippen molar-refractivity contribution in [1.29, 1.82) is 0 Å². The van der Waals surface area contributed by atoms with Crippen molar-refractivity contribution in [2.75, 3.05) is 6.61 Å². The van der Waals surface area contributed by atoms with Crippen molar-refractivity contribution in [1.82, 2.24) is 0 Å². The molecule has 0 saturated heterocycles. The van der Waals surface area contributed by atoms with E-state index in [0.29, 0.717) is 12.2 Å². The van der Waals surface area contributed by atoms with Crippen molar-refractivity contribution in [3.05, 3.63) is 34.1 Å². The van der Waals surface area contributed by atoms with Gasteiger partial charge in [-0.15, -0.1) is 4.51 Å². The summed E-state index contributed by atoms with van der Waals surface area (Å²) in [7, 11) is 0. The zero-order chi connectivity index (χ0) is 12.1. The smallest absolute Gasteiger partial charge is 0.234 e. The second-order valence-electron chi connectivity index (χ2n) is 2.93. The van der Waals surface area contributed by atoms with Gasteiger partial charge in [0.05, 0.1) is 11.1 Å². The maximum atomic E-state index is 13.0. The van der Waals surface area contributed by atoms with Gasteiger partial charge in [-0.2, -0.15) is 0 Å². The van der Waals surface area contributed by atoms with Crippen LogP contribution in [-0.2, 0) is 4.74 Å². The summed E-state index contributed by atoms with van der Waals surface area (Å²) in [4.78, 5) is 0. The first-order valence-electron chi connectivity index (χ1n) is 4.54. The van der Waals surface area contributed by atoms with E-state index in [2.05, 4.69) is 20.4 Å². The first kappa shape index (κ1) is 13.4. The van der Waals surface area contributed by atoms with E-state index in [1.165, 1.54) is 18.2 Å². The molecule has 0 bridgehead atoms. The fourth-order valence-electron chi connectivity index (χ4n) is 1.12. The van der Waals surface area contributed by atoms with Crippen LogP contribution in [0.5, 0.6) is 0 Å². The van der Waals surface area contributed by atoms with Gasteiger partial charge in [0.25, 0.3) is 0 Å². The van der Waals surface area contributed by atoms with Crippen LogP contribution in [0, 0.1) is 5.82 Å². The van der Waals surface area contributed by atoms with Gasteiger partial charge in [-0.3, -0.25) is 0 Å². The minimum atomic E-state index is -1.10. The summed E-state index contributed by atoms with van der Waals surface area (Å²) in [5.74, 6) is -0.417. The number of benzene rings is 1. The molecule has 0 radical (unpaired) electrons. The SMILES string of the molecule is CCOC(=NCl)C(O)c1ccc(F)c(Br)c1. The highest BCUT2D eigenvalue weighted by Crippen LogP contribution is 2.22. The number of hydrogen-bond acceptors (Lipinski definition) is 3. The Kier molecular flexibility index (Phi) is 5.18. The summed E-state index contributed by atoms with van der Waals surface area (Å²) in [5.41, 5.74) is 0.445. The van der Waals surface area contributed by atoms with Gasteiger partial charge in [0.1, 0.15) is 5.82 Å². The molecular weight excluding hydrogens is 300 g/mol. The molecule has 0 fully saturated rings. The predicted octanol–water partition coefficient (Wildman–Crippen LogP) is 3.21. The van der Waals surface area contributed by atoms with Gasteiger partial charge in [0, 0.05) is 11.8 Å². The van der Waals surface area contributed by atoms with Crippen molar-refractivity contribution < 1.29 is 14.2 Å². The lowest BCUT2D eigenvalue weighted by molar-refractivity contribution is 0.193. The number of hydrogen-bond donors (Lipinski definition) is 1. The fraction of sp³-hybridized carbons (Fsp3) is 0.300. The van der Waals surface area contributed by atoms with E-state index in [1.54, 1.807) is 6.92 Å². The standard InChI is InChI=1S/C10H10BrClFNO2/c1-2-16-10(14-12)9(15)6-3-4-8(13)7(11)5-6/h3-5,9,15H,2H2,1H3. The van der Waals surface area contributed by atoms with Crippen molar-refractivity contribution in [3.8, 4) is 0 Å². The third-order valence-corrected chi connectivity index (χ3v) is 2.64. The topological polar surface area (TPSA) is 41.8 Å². The average molecular weight is 311 g/mol. The van der Waals surface area contributed by atoms with Gasteiger partial charge >= 0.3 is 0 Å². The molecule has 0 spiro atoms. The zero-order valence-corrected chi connectivity index (χ0v) is 10.8. The number of halogens is 3. The summed E-state index contributed by atoms with van der Waals surface area (Å²) < 4.78 is 21.6. The van der Waals surface area contributed by atoms with E-state index in [1.807, 2.05) is 0 Å². The molecular formula is C10H10BrClFNO2. The van der Waals surface area contributed by atoms with Gasteiger partial charge < -0.3 is 9.84 Å². The Hall–Kier alpha value is -0.650. The maximum Gasteiger partial charge on any atom is 0.234 e. The van der Waals surface area contributed by atoms with E-state index in [-0.39, 0.29) is 10.4 Å². The Balaban J connectivity index is 2.95. The van der Waals surface area contributed by atoms with Gasteiger partial charge in [-0.05, 0) is 40.5 Å². The largest absolute Gasteiger partial charge is 0.478 e. The fourth-order valence-corrected chi connectivity index (χ4v) is 1.66. The lowest BCUT2D eigenvalue weighted by Crippen LogP contribution is -2.15. The van der Waals surface area contributed by atoms with Crippen LogP contribution >= 0.6 is 27.7 Å². The molecule has 1 aromatic carbocycles. The molecule has 88 valence electrons. The Labute approximate surface area is 106 Å². The number of nitrogens with zero attached hydrogens (tertiary/aromatic N) is 1. The normalized spacial score (nSPS) is 13.7. The summed E-state index contributed by atoms with van der Waals surface area (Å²) in [6, 6.07) is 4.12. The molecule has 0 amide bonds. The lowest BCUT2D eigenvalue weighted by Gasteiger charge is -2.13. The molecule has 0 aromatic heterocycles. The third-order valence-electron chi connectivity index (χ3n) is 1.87. The van der Waals surface area contributed by atoms with Crippen molar-refractivity contribution in [2.24, 2.45) is 4.51 Å². The van der Waals surface area contributed by atoms with E-state index >= 15 is 0 Å². The monoisotopic (exact) mass is 309 g/mol. The highest BCUT2D eigenvalue weighted by Gasteiger charge is 2.17. The van der Waals surface area contributed by atoms with Crippen LogP contribution < -0.4 is 0 Å². The highest BCUT2D eigenvalue weighted by atomic mass is 79.9. The molecule has 1 unspecified atom stereocenters. The maximum absolute atomic E-state index is 13.0. The Morgan fingerprint density at radius 1 is 1.69 bits per heavy atom. The van der Waals surface area contributed by atoms with Gasteiger partial charge in [0.2, 0.25) is 5.90 Å². The van der Waals surface area contributed by atoms with Crippen molar-refractivity contribution >= 4 is 33.6 Å². The zero-order valence-electron chi connectivity index (χ0n) is 8.45. The number of aliphatic hydroxyl groups excluding tert-OH is 1. The molecule has 0 aliphatic rings. The molecule has 16 heavy (non-hydrogen) atoms. The molecule has 6 heteroatoms. The van der Waals surface area contributed by atoms with Crippen LogP contribution in [0.2, 0.25) is 0 Å². The van der Waals surface area contributed by atoms with Crippen molar-refractivity contribution in [3.63, 3.8) is 0 Å². The van der Waals surface area contributed by atoms with E-state index in [0.717, 1.165) is 0 Å². The summed E-state index contributed by atoms with van der Waals surface area (Å²) >= 11 is 8.30. The molecule has 0 aliphatic heterocycles. The van der Waals surface area contributed by atoms with E-state index in [9.17, 15) is 9.50 Å². The minimum absolute atomic E-state index is 0.0114. The van der Waals surface area contributed by atoms with Crippen LogP contribution in [0.1, 0.15) is 18.6 Å². The second kappa shape index (κ2) is 6.18. The molecule has 1 rings (SSSR count). The number of rotatable bonds is 3. The van der Waals surface area contributed by atoms with Crippen LogP contribution in [0.3, 0.4) is 0 Å². The van der Waals surface area contributed by atoms with Crippen LogP contribution in [-0.4, -0.2) is 17.6 Å². The third kappa shape index (κ3) is 3.17. The summed E-state index contributed by atoms with van der Waals surface area (Å²) in [6.07, 6.45) is -1.10. The molecule has 0 heterocycles. The summed E-state index contributed by atoms with van der Waals surface area (Å²) in [5, 5.41) is 9.84. The van der Waals surface area contributed by atoms with Crippen LogP contribution in [0.25, 0.3) is 0 Å². The number of aliphatic hydroxyl groups is 1. The molecule has 1 atom stereocenters. The van der Waals surface area contributed by atoms with Gasteiger partial charge in [-0.1, -0.05) is 6.07 Å². The Bertz CT molecular complexity index is 400. The Morgan fingerprint density at radius 2 is 2.38 bits per heavy atom. The highest BCUT2D eigenvalue weighted by molar-refractivity contribution is 9.10. The first-order chi connectivity index (χ1) is 7.60. The average Bonchev–Trinajstić information content (AvgIpc) is 2.28. The quantitative estimate of drug-likeness (QED) is 0.688. The molecule has 3 nitrogen and oxygen atoms in total. The van der Waals surface area contributed by atoms with Gasteiger partial charge in [-0.25, -0.2) is 4.39 Å². The predicted molar refractivity (Wildman–Crippen MR) is 64.0 cm³/mol. The van der Waals surface area contributed by atoms with E-state index < -0.39 is 11.9 Å².